The molecule has 0 aromatic heterocycles. The van der Waals surface area contributed by atoms with Crippen molar-refractivity contribution in [2.75, 3.05) is 11.9 Å². The molecule has 0 aliphatic carbocycles. The molecule has 1 nitrogen and oxygen atoms in total. The van der Waals surface area contributed by atoms with Gasteiger partial charge in [0.05, 0.1) is 0 Å². The summed E-state index contributed by atoms with van der Waals surface area (Å²) in [6, 6.07) is 15.0. The average Bonchev–Trinajstić information content (AvgIpc) is 2.95. The Balaban J connectivity index is -0.000000308. The van der Waals surface area contributed by atoms with Crippen LogP contribution in [0.2, 0.25) is 0 Å². The van der Waals surface area contributed by atoms with Crippen molar-refractivity contribution < 1.29 is 0 Å². The summed E-state index contributed by atoms with van der Waals surface area (Å²) in [6.45, 7) is 37.1. The second-order valence-corrected chi connectivity index (χ2v) is 7.55. The standard InChI is InChI=1S/C21H25N.C6H14.3C2H6.C2H4/c1-7-18-14-20(12-13-21(18)15(2)3)22(6)17(5)19-10-8-16(4)9-11-19;1-3-5-6-4-2;4*1-2/h8-14H,2,5,7H2,1,3-4,6H3;3-6H2,1-2H3;3*1-2H3;1-2H2. The van der Waals surface area contributed by atoms with Crippen LogP contribution in [-0.4, -0.2) is 7.05 Å². The quantitative estimate of drug-likeness (QED) is 0.260. The van der Waals surface area contributed by atoms with Crippen LogP contribution in [0.1, 0.15) is 117 Å². The largest absolute Gasteiger partial charge is 0.345 e. The third-order valence-corrected chi connectivity index (χ3v) is 5.06. The maximum absolute atomic E-state index is 4.25. The van der Waals surface area contributed by atoms with Crippen molar-refractivity contribution in [3.8, 4) is 0 Å². The number of rotatable bonds is 8. The van der Waals surface area contributed by atoms with Crippen LogP contribution < -0.4 is 4.90 Å². The molecular weight excluding hydrogens is 434 g/mol. The van der Waals surface area contributed by atoms with Gasteiger partial charge in [0.25, 0.3) is 0 Å². The number of allylic oxidation sites excluding steroid dienone is 1. The highest BCUT2D eigenvalue weighted by molar-refractivity contribution is 5.79. The van der Waals surface area contributed by atoms with Gasteiger partial charge in [0.15, 0.2) is 0 Å². The van der Waals surface area contributed by atoms with Crippen LogP contribution in [0, 0.1) is 6.92 Å². The summed E-state index contributed by atoms with van der Waals surface area (Å²) in [5, 5.41) is 0. The number of anilines is 1. The Hall–Kier alpha value is -2.54. The zero-order chi connectivity index (χ0) is 29.1. The molecule has 0 saturated carbocycles. The van der Waals surface area contributed by atoms with E-state index in [-0.39, 0.29) is 0 Å². The molecule has 206 valence electrons. The van der Waals surface area contributed by atoms with Crippen LogP contribution in [-0.2, 0) is 6.42 Å². The summed E-state index contributed by atoms with van der Waals surface area (Å²) in [5.41, 5.74) is 8.27. The Morgan fingerprint density at radius 3 is 1.56 bits per heavy atom. The lowest BCUT2D eigenvalue weighted by molar-refractivity contribution is 0.702. The van der Waals surface area contributed by atoms with E-state index in [0.29, 0.717) is 0 Å². The molecule has 2 aromatic rings. The minimum Gasteiger partial charge on any atom is -0.345 e. The predicted molar refractivity (Wildman–Crippen MR) is 174 cm³/mol. The van der Waals surface area contributed by atoms with E-state index in [2.05, 4.69) is 115 Å². The van der Waals surface area contributed by atoms with E-state index in [4.69, 9.17) is 0 Å². The topological polar surface area (TPSA) is 3.24 Å². The van der Waals surface area contributed by atoms with Crippen LogP contribution in [0.3, 0.4) is 0 Å². The van der Waals surface area contributed by atoms with Gasteiger partial charge in [-0.3, -0.25) is 0 Å². The highest BCUT2D eigenvalue weighted by Crippen LogP contribution is 2.28. The van der Waals surface area contributed by atoms with E-state index >= 15 is 0 Å². The number of nitrogens with zero attached hydrogens (tertiary/aromatic N) is 1. The lowest BCUT2D eigenvalue weighted by Crippen LogP contribution is -2.15. The fourth-order valence-corrected chi connectivity index (χ4v) is 3.09. The van der Waals surface area contributed by atoms with Crippen molar-refractivity contribution in [2.24, 2.45) is 0 Å². The Morgan fingerprint density at radius 1 is 0.750 bits per heavy atom. The molecule has 36 heavy (non-hydrogen) atoms. The van der Waals surface area contributed by atoms with E-state index in [0.717, 1.165) is 28.9 Å². The summed E-state index contributed by atoms with van der Waals surface area (Å²) in [7, 11) is 2.07. The smallest absolute Gasteiger partial charge is 0.0411 e. The molecular formula is C35H61N. The summed E-state index contributed by atoms with van der Waals surface area (Å²) in [5.74, 6) is 0. The lowest BCUT2D eigenvalue weighted by Gasteiger charge is -2.24. The van der Waals surface area contributed by atoms with Gasteiger partial charge in [-0.25, -0.2) is 0 Å². The van der Waals surface area contributed by atoms with Gasteiger partial charge in [-0.05, 0) is 49.1 Å². The summed E-state index contributed by atoms with van der Waals surface area (Å²) >= 11 is 0. The molecule has 0 heterocycles. The second-order valence-electron chi connectivity index (χ2n) is 7.55. The minimum absolute atomic E-state index is 1.00. The number of hydrogen-bond acceptors (Lipinski definition) is 1. The van der Waals surface area contributed by atoms with Crippen molar-refractivity contribution in [1.29, 1.82) is 0 Å². The molecule has 1 heteroatoms. The van der Waals surface area contributed by atoms with Gasteiger partial charge in [0, 0.05) is 18.4 Å². The molecule has 0 fully saturated rings. The van der Waals surface area contributed by atoms with Crippen molar-refractivity contribution in [3.63, 3.8) is 0 Å². The van der Waals surface area contributed by atoms with E-state index < -0.39 is 0 Å². The normalized spacial score (nSPS) is 8.44. The van der Waals surface area contributed by atoms with E-state index in [1.165, 1.54) is 42.4 Å². The second kappa shape index (κ2) is 28.7. The van der Waals surface area contributed by atoms with Crippen LogP contribution in [0.5, 0.6) is 0 Å². The number of unbranched alkanes of at least 4 members (excludes halogenated alkanes) is 3. The van der Waals surface area contributed by atoms with E-state index in [9.17, 15) is 0 Å². The fourth-order valence-electron chi connectivity index (χ4n) is 3.09. The Kier molecular flexibility index (Phi) is 32.4. The van der Waals surface area contributed by atoms with E-state index in [1.54, 1.807) is 0 Å². The predicted octanol–water partition coefficient (Wildman–Crippen LogP) is 12.2. The number of hydrogen-bond donors (Lipinski definition) is 0. The first kappa shape index (κ1) is 40.6. The van der Waals surface area contributed by atoms with Crippen LogP contribution >= 0.6 is 0 Å². The zero-order valence-electron chi connectivity index (χ0n) is 26.4. The molecule has 2 aromatic carbocycles. The molecule has 2 rings (SSSR count). The third-order valence-electron chi connectivity index (χ3n) is 5.06. The van der Waals surface area contributed by atoms with Gasteiger partial charge in [-0.1, -0.05) is 143 Å². The molecule has 0 amide bonds. The molecule has 0 atom stereocenters. The molecule has 0 unspecified atom stereocenters. The van der Waals surface area contributed by atoms with Gasteiger partial charge in [-0.15, -0.1) is 13.2 Å². The van der Waals surface area contributed by atoms with Gasteiger partial charge < -0.3 is 4.90 Å². The minimum atomic E-state index is 1.00. The van der Waals surface area contributed by atoms with Crippen LogP contribution in [0.25, 0.3) is 11.3 Å². The van der Waals surface area contributed by atoms with Crippen molar-refractivity contribution in [1.82, 2.24) is 0 Å². The van der Waals surface area contributed by atoms with Gasteiger partial charge >= 0.3 is 0 Å². The van der Waals surface area contributed by atoms with Gasteiger partial charge in [0.1, 0.15) is 0 Å². The van der Waals surface area contributed by atoms with E-state index in [1.807, 2.05) is 41.5 Å². The summed E-state index contributed by atoms with van der Waals surface area (Å²) in [4.78, 5) is 2.14. The SMILES string of the molecule is C=C.C=C(C)c1ccc(N(C)C(=C)c2ccc(C)cc2)cc1CC.CC.CC.CC.CCCCCC. The Labute approximate surface area is 228 Å². The Morgan fingerprint density at radius 2 is 1.19 bits per heavy atom. The maximum atomic E-state index is 4.25. The highest BCUT2D eigenvalue weighted by atomic mass is 15.1. The zero-order valence-corrected chi connectivity index (χ0v) is 26.4. The molecule has 0 saturated heterocycles. The number of benzene rings is 2. The molecule has 0 spiro atoms. The van der Waals surface area contributed by atoms with Crippen molar-refractivity contribution in [2.45, 2.75) is 108 Å². The molecule has 0 bridgehead atoms. The Bertz CT molecular complexity index is 764. The monoisotopic (exact) mass is 495 g/mol. The first-order chi connectivity index (χ1) is 17.3. The third kappa shape index (κ3) is 17.0. The molecule has 0 N–H and O–H groups in total. The molecule has 0 aliphatic rings. The van der Waals surface area contributed by atoms with Gasteiger partial charge in [-0.2, -0.15) is 0 Å². The van der Waals surface area contributed by atoms with Crippen LogP contribution in [0.15, 0.2) is 68.8 Å². The van der Waals surface area contributed by atoms with Crippen molar-refractivity contribution >= 4 is 17.0 Å². The molecule has 0 radical (unpaired) electrons. The van der Waals surface area contributed by atoms with Gasteiger partial charge in [0.2, 0.25) is 0 Å². The molecule has 0 aliphatic heterocycles. The van der Waals surface area contributed by atoms with Crippen LogP contribution in [0.4, 0.5) is 5.69 Å². The maximum Gasteiger partial charge on any atom is 0.0411 e. The first-order valence-electron chi connectivity index (χ1n) is 14.1. The highest BCUT2D eigenvalue weighted by Gasteiger charge is 2.10. The van der Waals surface area contributed by atoms with Crippen molar-refractivity contribution in [3.05, 3.63) is 91.0 Å². The fraction of sp³-hybridized carbons (Fsp3) is 0.486. The number of aryl methyl sites for hydroxylation is 2. The first-order valence-corrected chi connectivity index (χ1v) is 14.1. The summed E-state index contributed by atoms with van der Waals surface area (Å²) < 4.78 is 0. The summed E-state index contributed by atoms with van der Waals surface area (Å²) in [6.07, 6.45) is 6.54. The average molecular weight is 496 g/mol. The lowest BCUT2D eigenvalue weighted by atomic mass is 9.99.